The van der Waals surface area contributed by atoms with E-state index in [2.05, 4.69) is 15.3 Å². The number of aryl methyl sites for hydroxylation is 1. The van der Waals surface area contributed by atoms with E-state index in [-0.39, 0.29) is 11.5 Å². The van der Waals surface area contributed by atoms with Crippen molar-refractivity contribution in [1.29, 1.82) is 0 Å². The maximum Gasteiger partial charge on any atom is 0.258 e. The average Bonchev–Trinajstić information content (AvgIpc) is 3.20. The van der Waals surface area contributed by atoms with E-state index in [1.807, 2.05) is 42.8 Å². The van der Waals surface area contributed by atoms with Crippen molar-refractivity contribution >= 4 is 33.1 Å². The Hall–Kier alpha value is -2.93. The van der Waals surface area contributed by atoms with Crippen molar-refractivity contribution in [2.75, 3.05) is 6.54 Å². The molecular formula is C18H16N4O2S. The number of carbonyl (C=O) groups excluding carboxylic acids is 1. The van der Waals surface area contributed by atoms with Gasteiger partial charge in [-0.15, -0.1) is 11.3 Å². The fourth-order valence-electron chi connectivity index (χ4n) is 2.85. The average molecular weight is 352 g/mol. The van der Waals surface area contributed by atoms with Gasteiger partial charge in [-0.25, -0.2) is 4.98 Å². The molecule has 1 aromatic carbocycles. The number of amides is 1. The molecule has 0 bridgehead atoms. The normalized spacial score (nSPS) is 11.2. The number of benzene rings is 1. The first-order valence-electron chi connectivity index (χ1n) is 7.94. The highest BCUT2D eigenvalue weighted by atomic mass is 32.1. The molecule has 0 unspecified atom stereocenters. The van der Waals surface area contributed by atoms with Crippen LogP contribution in [-0.4, -0.2) is 26.8 Å². The quantitative estimate of drug-likeness (QED) is 0.592. The molecule has 0 fully saturated rings. The second-order valence-electron chi connectivity index (χ2n) is 5.87. The number of carbonyl (C=O) groups is 1. The highest BCUT2D eigenvalue weighted by Crippen LogP contribution is 2.15. The van der Waals surface area contributed by atoms with Gasteiger partial charge < -0.3 is 10.3 Å². The molecule has 0 saturated carbocycles. The zero-order valence-electron chi connectivity index (χ0n) is 13.6. The molecule has 6 nitrogen and oxygen atoms in total. The Balaban J connectivity index is 1.47. The van der Waals surface area contributed by atoms with Crippen LogP contribution < -0.4 is 10.9 Å². The number of aromatic amines is 1. The van der Waals surface area contributed by atoms with Crippen LogP contribution in [0.4, 0.5) is 0 Å². The number of aromatic nitrogens is 3. The molecule has 4 rings (SSSR count). The molecule has 0 aliphatic heterocycles. The topological polar surface area (TPSA) is 79.3 Å². The van der Waals surface area contributed by atoms with Gasteiger partial charge in [-0.2, -0.15) is 0 Å². The lowest BCUT2D eigenvalue weighted by Gasteiger charge is -2.06. The summed E-state index contributed by atoms with van der Waals surface area (Å²) in [6, 6.07) is 9.05. The van der Waals surface area contributed by atoms with Crippen LogP contribution >= 0.6 is 11.3 Å². The third kappa shape index (κ3) is 2.94. The molecule has 3 aromatic heterocycles. The number of thiazole rings is 1. The van der Waals surface area contributed by atoms with Gasteiger partial charge in [0, 0.05) is 53.1 Å². The van der Waals surface area contributed by atoms with Crippen molar-refractivity contribution in [3.63, 3.8) is 0 Å². The summed E-state index contributed by atoms with van der Waals surface area (Å²) in [7, 11) is 0. The van der Waals surface area contributed by atoms with Gasteiger partial charge in [0.2, 0.25) is 0 Å². The number of fused-ring (bicyclic) bond motifs is 2. The molecule has 3 heterocycles. The Morgan fingerprint density at radius 3 is 3.08 bits per heavy atom. The Kier molecular flexibility index (Phi) is 3.85. The first-order chi connectivity index (χ1) is 12.1. The minimum Gasteiger partial charge on any atom is -0.361 e. The zero-order valence-corrected chi connectivity index (χ0v) is 14.4. The Morgan fingerprint density at radius 2 is 2.20 bits per heavy atom. The smallest absolute Gasteiger partial charge is 0.258 e. The molecule has 0 spiro atoms. The van der Waals surface area contributed by atoms with Crippen LogP contribution in [0.3, 0.4) is 0 Å². The summed E-state index contributed by atoms with van der Waals surface area (Å²) in [6.45, 7) is 2.26. The van der Waals surface area contributed by atoms with E-state index in [1.54, 1.807) is 4.40 Å². The molecule has 1 amide bonds. The largest absolute Gasteiger partial charge is 0.361 e. The van der Waals surface area contributed by atoms with Gasteiger partial charge in [0.25, 0.3) is 11.5 Å². The SMILES string of the molecule is Cc1cc(=O)n2c(CCNC(=O)c3ccc4cc[nH]c4c3)csc2n1. The molecule has 0 aliphatic rings. The van der Waals surface area contributed by atoms with Crippen LogP contribution in [0, 0.1) is 6.92 Å². The van der Waals surface area contributed by atoms with E-state index < -0.39 is 0 Å². The summed E-state index contributed by atoms with van der Waals surface area (Å²) in [6.07, 6.45) is 2.42. The number of hydrogen-bond acceptors (Lipinski definition) is 4. The molecule has 2 N–H and O–H groups in total. The number of rotatable bonds is 4. The van der Waals surface area contributed by atoms with E-state index in [4.69, 9.17) is 0 Å². The fourth-order valence-corrected chi connectivity index (χ4v) is 3.83. The second kappa shape index (κ2) is 6.18. The first kappa shape index (κ1) is 15.6. The highest BCUT2D eigenvalue weighted by Gasteiger charge is 2.10. The lowest BCUT2D eigenvalue weighted by Crippen LogP contribution is -2.26. The van der Waals surface area contributed by atoms with Crippen LogP contribution in [-0.2, 0) is 6.42 Å². The van der Waals surface area contributed by atoms with Gasteiger partial charge in [-0.05, 0) is 30.5 Å². The van der Waals surface area contributed by atoms with Gasteiger partial charge in [0.05, 0.1) is 0 Å². The van der Waals surface area contributed by atoms with Gasteiger partial charge in [0.1, 0.15) is 0 Å². The van der Waals surface area contributed by atoms with Crippen LogP contribution in [0.25, 0.3) is 15.9 Å². The van der Waals surface area contributed by atoms with E-state index in [9.17, 15) is 9.59 Å². The predicted octanol–water partition coefficient (Wildman–Crippen LogP) is 2.52. The van der Waals surface area contributed by atoms with E-state index >= 15 is 0 Å². The summed E-state index contributed by atoms with van der Waals surface area (Å²) in [5.41, 5.74) is 3.04. The maximum atomic E-state index is 12.3. The summed E-state index contributed by atoms with van der Waals surface area (Å²) in [4.78, 5) is 32.6. The van der Waals surface area contributed by atoms with Crippen LogP contribution in [0.5, 0.6) is 0 Å². The number of H-pyrrole nitrogens is 1. The molecular weight excluding hydrogens is 336 g/mol. The van der Waals surface area contributed by atoms with Gasteiger partial charge in [-0.1, -0.05) is 6.07 Å². The van der Waals surface area contributed by atoms with E-state index in [1.165, 1.54) is 17.4 Å². The summed E-state index contributed by atoms with van der Waals surface area (Å²) in [5, 5.41) is 5.90. The zero-order chi connectivity index (χ0) is 17.4. The van der Waals surface area contributed by atoms with Gasteiger partial charge in [-0.3, -0.25) is 14.0 Å². The van der Waals surface area contributed by atoms with Crippen molar-refractivity contribution in [2.45, 2.75) is 13.3 Å². The third-order valence-electron chi connectivity index (χ3n) is 4.09. The van der Waals surface area contributed by atoms with Crippen LogP contribution in [0.2, 0.25) is 0 Å². The molecule has 0 aliphatic carbocycles. The molecule has 25 heavy (non-hydrogen) atoms. The van der Waals surface area contributed by atoms with Gasteiger partial charge in [0.15, 0.2) is 4.96 Å². The van der Waals surface area contributed by atoms with Crippen molar-refractivity contribution < 1.29 is 4.79 Å². The fraction of sp³-hybridized carbons (Fsp3) is 0.167. The summed E-state index contributed by atoms with van der Waals surface area (Å²) >= 11 is 1.43. The first-order valence-corrected chi connectivity index (χ1v) is 8.82. The Bertz CT molecular complexity index is 1140. The highest BCUT2D eigenvalue weighted by molar-refractivity contribution is 7.15. The molecule has 0 saturated heterocycles. The standard InChI is InChI=1S/C18H16N4O2S/c1-11-8-16(23)22-14(10-25-18(22)21-11)5-7-20-17(24)13-3-2-12-4-6-19-15(12)9-13/h2-4,6,8-10,19H,5,7H2,1H3,(H,20,24). The van der Waals surface area contributed by atoms with E-state index in [0.29, 0.717) is 29.2 Å². The number of hydrogen-bond donors (Lipinski definition) is 2. The van der Waals surface area contributed by atoms with Gasteiger partial charge >= 0.3 is 0 Å². The van der Waals surface area contributed by atoms with Crippen LogP contribution in [0.15, 0.2) is 46.7 Å². The second-order valence-corrected chi connectivity index (χ2v) is 6.70. The monoisotopic (exact) mass is 352 g/mol. The van der Waals surface area contributed by atoms with Crippen molar-refractivity contribution in [1.82, 2.24) is 19.7 Å². The molecule has 0 atom stereocenters. The lowest BCUT2D eigenvalue weighted by atomic mass is 10.1. The molecule has 126 valence electrons. The minimum atomic E-state index is -0.127. The Morgan fingerprint density at radius 1 is 1.32 bits per heavy atom. The van der Waals surface area contributed by atoms with E-state index in [0.717, 1.165) is 16.6 Å². The predicted molar refractivity (Wildman–Crippen MR) is 98.4 cm³/mol. The summed E-state index contributed by atoms with van der Waals surface area (Å²) < 4.78 is 1.61. The minimum absolute atomic E-state index is 0.0812. The number of nitrogens with one attached hydrogen (secondary N) is 2. The van der Waals surface area contributed by atoms with Crippen molar-refractivity contribution in [2.24, 2.45) is 0 Å². The number of nitrogens with zero attached hydrogens (tertiary/aromatic N) is 2. The van der Waals surface area contributed by atoms with Crippen LogP contribution in [0.1, 0.15) is 21.7 Å². The molecule has 0 radical (unpaired) electrons. The lowest BCUT2D eigenvalue weighted by molar-refractivity contribution is 0.0954. The molecule has 7 heteroatoms. The summed E-state index contributed by atoms with van der Waals surface area (Å²) in [5.74, 6) is -0.127. The van der Waals surface area contributed by atoms with Crippen molar-refractivity contribution in [3.05, 3.63) is 69.2 Å². The van der Waals surface area contributed by atoms with Crippen molar-refractivity contribution in [3.8, 4) is 0 Å². The maximum absolute atomic E-state index is 12.3. The Labute approximate surface area is 147 Å². The molecule has 4 aromatic rings. The third-order valence-corrected chi connectivity index (χ3v) is 4.96.